The van der Waals surface area contributed by atoms with Gasteiger partial charge in [0.1, 0.15) is 11.6 Å². The van der Waals surface area contributed by atoms with Gasteiger partial charge in [-0.1, -0.05) is 35.5 Å². The maximum Gasteiger partial charge on any atom is 0.261 e. The molecule has 0 saturated heterocycles. The highest BCUT2D eigenvalue weighted by molar-refractivity contribution is 5.70. The van der Waals surface area contributed by atoms with Gasteiger partial charge in [0.25, 0.3) is 5.89 Å². The van der Waals surface area contributed by atoms with E-state index in [4.69, 9.17) is 9.26 Å². The van der Waals surface area contributed by atoms with E-state index in [2.05, 4.69) is 32.6 Å². The summed E-state index contributed by atoms with van der Waals surface area (Å²) in [6.45, 7) is 0.757. The van der Waals surface area contributed by atoms with Gasteiger partial charge in [0, 0.05) is 18.3 Å². The fraction of sp³-hybridized carbons (Fsp3) is 0.136. The molecule has 6 nitrogen and oxygen atoms in total. The molecule has 0 spiro atoms. The molecule has 0 fully saturated rings. The van der Waals surface area contributed by atoms with Crippen molar-refractivity contribution in [2.45, 2.75) is 6.42 Å². The Hall–Kier alpha value is -3.67. The topological polar surface area (TPSA) is 73.1 Å². The van der Waals surface area contributed by atoms with Crippen molar-refractivity contribution in [1.29, 1.82) is 0 Å². The van der Waals surface area contributed by atoms with Crippen LogP contribution in [0, 0.1) is 0 Å². The Kier molecular flexibility index (Phi) is 5.29. The highest BCUT2D eigenvalue weighted by Gasteiger charge is 2.15. The van der Waals surface area contributed by atoms with Crippen LogP contribution in [0.5, 0.6) is 5.75 Å². The third kappa shape index (κ3) is 4.01. The van der Waals surface area contributed by atoms with Crippen molar-refractivity contribution in [3.8, 4) is 28.6 Å². The van der Waals surface area contributed by atoms with E-state index in [0.29, 0.717) is 11.7 Å². The van der Waals surface area contributed by atoms with Crippen LogP contribution in [0.15, 0.2) is 77.4 Å². The van der Waals surface area contributed by atoms with Crippen LogP contribution in [0.25, 0.3) is 22.8 Å². The molecular weight excluding hydrogens is 352 g/mol. The predicted octanol–water partition coefficient (Wildman–Crippen LogP) is 4.46. The molecule has 0 unspecified atom stereocenters. The second kappa shape index (κ2) is 8.35. The monoisotopic (exact) mass is 372 g/mol. The third-order valence-electron chi connectivity index (χ3n) is 4.36. The molecule has 0 aliphatic rings. The Labute approximate surface area is 163 Å². The van der Waals surface area contributed by atoms with E-state index in [1.54, 1.807) is 13.3 Å². The molecule has 1 N–H and O–H groups in total. The van der Waals surface area contributed by atoms with E-state index in [9.17, 15) is 0 Å². The molecular formula is C22H20N4O2. The fourth-order valence-corrected chi connectivity index (χ4v) is 2.88. The van der Waals surface area contributed by atoms with Crippen LogP contribution >= 0.6 is 0 Å². The molecule has 2 aromatic heterocycles. The first-order valence-corrected chi connectivity index (χ1v) is 9.05. The zero-order valence-electron chi connectivity index (χ0n) is 15.5. The van der Waals surface area contributed by atoms with Crippen LogP contribution in [0.3, 0.4) is 0 Å². The van der Waals surface area contributed by atoms with Gasteiger partial charge in [-0.3, -0.25) is 0 Å². The Morgan fingerprint density at radius 1 is 0.964 bits per heavy atom. The van der Waals surface area contributed by atoms with Crippen molar-refractivity contribution in [1.82, 2.24) is 15.1 Å². The van der Waals surface area contributed by atoms with Gasteiger partial charge in [0.15, 0.2) is 0 Å². The van der Waals surface area contributed by atoms with Crippen molar-refractivity contribution < 1.29 is 9.26 Å². The van der Waals surface area contributed by atoms with Crippen LogP contribution in [-0.4, -0.2) is 28.8 Å². The van der Waals surface area contributed by atoms with Crippen molar-refractivity contribution in [3.63, 3.8) is 0 Å². The molecule has 0 bridgehead atoms. The van der Waals surface area contributed by atoms with E-state index in [0.717, 1.165) is 35.7 Å². The zero-order chi connectivity index (χ0) is 19.2. The smallest absolute Gasteiger partial charge is 0.261 e. The first-order chi connectivity index (χ1) is 13.8. The summed E-state index contributed by atoms with van der Waals surface area (Å²) in [6, 6.07) is 21.6. The molecule has 2 heterocycles. The molecule has 6 heteroatoms. The minimum absolute atomic E-state index is 0.432. The number of nitrogens with zero attached hydrogens (tertiary/aromatic N) is 3. The number of anilines is 1. The number of rotatable bonds is 7. The van der Waals surface area contributed by atoms with Crippen molar-refractivity contribution in [3.05, 3.63) is 78.5 Å². The molecule has 0 saturated carbocycles. The normalized spacial score (nSPS) is 10.6. The Bertz CT molecular complexity index is 1030. The van der Waals surface area contributed by atoms with Gasteiger partial charge < -0.3 is 14.6 Å². The second-order valence-corrected chi connectivity index (χ2v) is 6.21. The summed E-state index contributed by atoms with van der Waals surface area (Å²) in [5, 5.41) is 7.47. The van der Waals surface area contributed by atoms with E-state index in [-0.39, 0.29) is 0 Å². The largest absolute Gasteiger partial charge is 0.497 e. The van der Waals surface area contributed by atoms with E-state index in [1.807, 2.05) is 54.6 Å². The summed E-state index contributed by atoms with van der Waals surface area (Å²) in [5.41, 5.74) is 2.91. The Morgan fingerprint density at radius 2 is 1.79 bits per heavy atom. The lowest BCUT2D eigenvalue weighted by molar-refractivity contribution is 0.415. The molecule has 28 heavy (non-hydrogen) atoms. The number of hydrogen-bond donors (Lipinski definition) is 1. The fourth-order valence-electron chi connectivity index (χ4n) is 2.88. The van der Waals surface area contributed by atoms with Crippen LogP contribution in [-0.2, 0) is 6.42 Å². The molecule has 4 aromatic rings. The highest BCUT2D eigenvalue weighted by Crippen LogP contribution is 2.27. The average Bonchev–Trinajstić information content (AvgIpc) is 3.25. The van der Waals surface area contributed by atoms with Gasteiger partial charge in [-0.05, 0) is 48.4 Å². The summed E-state index contributed by atoms with van der Waals surface area (Å²) in [7, 11) is 1.64. The molecule has 0 aliphatic carbocycles. The van der Waals surface area contributed by atoms with E-state index in [1.165, 1.54) is 5.56 Å². The highest BCUT2D eigenvalue weighted by atomic mass is 16.5. The third-order valence-corrected chi connectivity index (χ3v) is 4.36. The average molecular weight is 372 g/mol. The van der Waals surface area contributed by atoms with Crippen LogP contribution in [0.4, 0.5) is 5.82 Å². The molecule has 0 amide bonds. The maximum atomic E-state index is 5.49. The lowest BCUT2D eigenvalue weighted by atomic mass is 10.1. The molecule has 0 radical (unpaired) electrons. The molecule has 0 atom stereocenters. The first-order valence-electron chi connectivity index (χ1n) is 9.05. The number of benzene rings is 2. The number of aromatic nitrogens is 3. The molecule has 140 valence electrons. The summed E-state index contributed by atoms with van der Waals surface area (Å²) < 4.78 is 10.7. The number of ether oxygens (including phenoxy) is 1. The minimum Gasteiger partial charge on any atom is -0.497 e. The Balaban J connectivity index is 1.50. The van der Waals surface area contributed by atoms with Gasteiger partial charge in [0.2, 0.25) is 5.82 Å². The van der Waals surface area contributed by atoms with E-state index >= 15 is 0 Å². The van der Waals surface area contributed by atoms with Gasteiger partial charge >= 0.3 is 0 Å². The SMILES string of the molecule is COc1ccc(-c2noc(-c3cccnc3NCCc3ccccc3)n2)cc1. The van der Waals surface area contributed by atoms with Crippen molar-refractivity contribution in [2.75, 3.05) is 19.0 Å². The molecule has 2 aromatic carbocycles. The number of hydrogen-bond acceptors (Lipinski definition) is 6. The predicted molar refractivity (Wildman–Crippen MR) is 108 cm³/mol. The van der Waals surface area contributed by atoms with Crippen LogP contribution in [0.2, 0.25) is 0 Å². The number of methoxy groups -OCH3 is 1. The second-order valence-electron chi connectivity index (χ2n) is 6.21. The summed E-state index contributed by atoms with van der Waals surface area (Å²) in [4.78, 5) is 8.97. The Morgan fingerprint density at radius 3 is 2.57 bits per heavy atom. The molecule has 0 aliphatic heterocycles. The molecule has 4 rings (SSSR count). The minimum atomic E-state index is 0.432. The van der Waals surface area contributed by atoms with Gasteiger partial charge in [0.05, 0.1) is 12.7 Å². The van der Waals surface area contributed by atoms with Crippen LogP contribution in [0.1, 0.15) is 5.56 Å². The van der Waals surface area contributed by atoms with Gasteiger partial charge in [-0.2, -0.15) is 4.98 Å². The van der Waals surface area contributed by atoms with Crippen molar-refractivity contribution >= 4 is 5.82 Å². The number of nitrogens with one attached hydrogen (secondary N) is 1. The first kappa shape index (κ1) is 17.7. The standard InChI is InChI=1S/C22H20N4O2/c1-27-18-11-9-17(10-12-18)20-25-22(28-26-20)19-8-5-14-23-21(19)24-15-13-16-6-3-2-4-7-16/h2-12,14H,13,15H2,1H3,(H,23,24). The lowest BCUT2D eigenvalue weighted by Gasteiger charge is -2.08. The van der Waals surface area contributed by atoms with Gasteiger partial charge in [-0.25, -0.2) is 4.98 Å². The summed E-state index contributed by atoms with van der Waals surface area (Å²) in [5.74, 6) is 2.46. The maximum absolute atomic E-state index is 5.49. The zero-order valence-corrected chi connectivity index (χ0v) is 15.5. The lowest BCUT2D eigenvalue weighted by Crippen LogP contribution is -2.07. The van der Waals surface area contributed by atoms with Crippen molar-refractivity contribution in [2.24, 2.45) is 0 Å². The number of pyridine rings is 1. The summed E-state index contributed by atoms with van der Waals surface area (Å²) in [6.07, 6.45) is 2.65. The summed E-state index contributed by atoms with van der Waals surface area (Å²) >= 11 is 0. The van der Waals surface area contributed by atoms with Crippen LogP contribution < -0.4 is 10.1 Å². The van der Waals surface area contributed by atoms with Gasteiger partial charge in [-0.15, -0.1) is 0 Å². The van der Waals surface area contributed by atoms with E-state index < -0.39 is 0 Å². The quantitative estimate of drug-likeness (QED) is 0.516.